The Kier molecular flexibility index (Phi) is 1.72. The quantitative estimate of drug-likeness (QED) is 0.541. The van der Waals surface area contributed by atoms with Crippen molar-refractivity contribution in [2.75, 3.05) is 0 Å². The predicted octanol–water partition coefficient (Wildman–Crippen LogP) is 0.381. The molecule has 1 heterocycles. The largest absolute Gasteiger partial charge is 0.768 e. The molecule has 44 valence electrons. The van der Waals surface area contributed by atoms with Crippen LogP contribution in [-0.2, 0) is 11.1 Å². The second kappa shape index (κ2) is 2.34. The minimum absolute atomic E-state index is 0.282. The van der Waals surface area contributed by atoms with Crippen molar-refractivity contribution in [3.63, 3.8) is 0 Å². The Labute approximate surface area is 52.8 Å². The molecule has 0 spiro atoms. The Morgan fingerprint density at radius 2 is 2.62 bits per heavy atom. The van der Waals surface area contributed by atoms with E-state index in [-0.39, 0.29) is 4.21 Å². The molecule has 0 aromatic carbocycles. The zero-order valence-electron chi connectivity index (χ0n) is 3.73. The summed E-state index contributed by atoms with van der Waals surface area (Å²) >= 11 is -1.12. The van der Waals surface area contributed by atoms with Crippen molar-refractivity contribution < 1.29 is 8.76 Å². The third-order valence-electron chi connectivity index (χ3n) is 0.578. The smallest absolute Gasteiger partial charge is 0.0978 e. The van der Waals surface area contributed by atoms with Crippen molar-refractivity contribution in [3.05, 3.63) is 12.3 Å². The van der Waals surface area contributed by atoms with Gasteiger partial charge in [-0.2, -0.15) is 4.37 Å². The maximum Gasteiger partial charge on any atom is 0.0978 e. The Balaban J connectivity index is 2.93. The van der Waals surface area contributed by atoms with Crippen LogP contribution >= 0.6 is 11.5 Å². The highest BCUT2D eigenvalue weighted by atomic mass is 32.2. The molecule has 0 bridgehead atoms. The van der Waals surface area contributed by atoms with Crippen LogP contribution in [0.5, 0.6) is 0 Å². The van der Waals surface area contributed by atoms with E-state index in [1.54, 1.807) is 0 Å². The number of hydrogen-bond acceptors (Lipinski definition) is 4. The van der Waals surface area contributed by atoms with Crippen LogP contribution in [0.4, 0.5) is 0 Å². The molecule has 0 amide bonds. The Morgan fingerprint density at radius 3 is 2.88 bits per heavy atom. The molecule has 0 saturated carbocycles. The number of nitrogens with zero attached hydrogens (tertiary/aromatic N) is 1. The molecule has 0 N–H and O–H groups in total. The molecule has 3 nitrogen and oxygen atoms in total. The lowest BCUT2D eigenvalue weighted by Gasteiger charge is -1.95. The number of aromatic nitrogens is 1. The Bertz CT molecular complexity index is 183. The highest BCUT2D eigenvalue weighted by Crippen LogP contribution is 2.06. The fourth-order valence-corrected chi connectivity index (χ4v) is 1.18. The van der Waals surface area contributed by atoms with E-state index in [0.29, 0.717) is 0 Å². The van der Waals surface area contributed by atoms with Crippen LogP contribution in [0, 0.1) is 0 Å². The first-order valence-electron chi connectivity index (χ1n) is 1.80. The van der Waals surface area contributed by atoms with E-state index in [2.05, 4.69) is 4.37 Å². The van der Waals surface area contributed by atoms with Crippen molar-refractivity contribution in [2.24, 2.45) is 0 Å². The summed E-state index contributed by atoms with van der Waals surface area (Å²) in [4.78, 5) is 0. The molecule has 1 unspecified atom stereocenters. The third-order valence-corrected chi connectivity index (χ3v) is 2.22. The van der Waals surface area contributed by atoms with E-state index in [1.165, 1.54) is 12.3 Å². The normalized spacial score (nSPS) is 13.6. The summed E-state index contributed by atoms with van der Waals surface area (Å²) in [6, 6.07) is 1.45. The zero-order chi connectivity index (χ0) is 5.98. The fraction of sp³-hybridized carbons (Fsp3) is 0. The fourth-order valence-electron chi connectivity index (χ4n) is 0.290. The van der Waals surface area contributed by atoms with Gasteiger partial charge in [-0.15, -0.1) is 0 Å². The van der Waals surface area contributed by atoms with Gasteiger partial charge in [-0.05, 0) is 28.7 Å². The number of rotatable bonds is 1. The molecule has 0 aliphatic heterocycles. The van der Waals surface area contributed by atoms with Crippen molar-refractivity contribution in [1.82, 2.24) is 4.37 Å². The lowest BCUT2D eigenvalue weighted by molar-refractivity contribution is 0.539. The lowest BCUT2D eigenvalue weighted by Crippen LogP contribution is -1.80. The van der Waals surface area contributed by atoms with Crippen LogP contribution < -0.4 is 0 Å². The average Bonchev–Trinajstić information content (AvgIpc) is 2.12. The summed E-state index contributed by atoms with van der Waals surface area (Å²) in [5.74, 6) is 0. The molecular weight excluding hydrogens is 146 g/mol. The van der Waals surface area contributed by atoms with Crippen molar-refractivity contribution in [3.8, 4) is 0 Å². The second-order valence-electron chi connectivity index (χ2n) is 1.07. The van der Waals surface area contributed by atoms with E-state index < -0.39 is 11.1 Å². The van der Waals surface area contributed by atoms with E-state index >= 15 is 0 Å². The first-order chi connectivity index (χ1) is 3.80. The highest BCUT2D eigenvalue weighted by Gasteiger charge is 1.89. The highest BCUT2D eigenvalue weighted by molar-refractivity contribution is 7.81. The molecule has 8 heavy (non-hydrogen) atoms. The standard InChI is InChI=1S/C3H3NO2S2/c5-8(6)3-1-2-4-7-3/h1-2H,(H,5,6)/p-1. The molecule has 1 aromatic heterocycles. The molecule has 0 fully saturated rings. The topological polar surface area (TPSA) is 53.0 Å². The van der Waals surface area contributed by atoms with Gasteiger partial charge in [0, 0.05) is 6.20 Å². The maximum absolute atomic E-state index is 10.0. The van der Waals surface area contributed by atoms with Crippen LogP contribution in [0.3, 0.4) is 0 Å². The summed E-state index contributed by atoms with van der Waals surface area (Å²) in [6.07, 6.45) is 1.45. The van der Waals surface area contributed by atoms with Gasteiger partial charge in [-0.1, -0.05) is 0 Å². The van der Waals surface area contributed by atoms with E-state index in [0.717, 1.165) is 11.5 Å². The molecule has 1 aromatic rings. The van der Waals surface area contributed by atoms with Crippen LogP contribution in [0.1, 0.15) is 0 Å². The molecule has 0 aliphatic carbocycles. The van der Waals surface area contributed by atoms with Gasteiger partial charge in [0.05, 0.1) is 4.21 Å². The van der Waals surface area contributed by atoms with E-state index in [1.807, 2.05) is 0 Å². The first-order valence-corrected chi connectivity index (χ1v) is 3.65. The van der Waals surface area contributed by atoms with E-state index in [4.69, 9.17) is 0 Å². The first kappa shape index (κ1) is 5.87. The van der Waals surface area contributed by atoms with Crippen LogP contribution in [0.15, 0.2) is 16.5 Å². The second-order valence-corrected chi connectivity index (χ2v) is 3.07. The van der Waals surface area contributed by atoms with Crippen molar-refractivity contribution in [1.29, 1.82) is 0 Å². The van der Waals surface area contributed by atoms with Gasteiger partial charge in [-0.25, -0.2) is 0 Å². The van der Waals surface area contributed by atoms with Crippen LogP contribution in [0.25, 0.3) is 0 Å². The van der Waals surface area contributed by atoms with Gasteiger partial charge in [0.1, 0.15) is 0 Å². The summed E-state index contributed by atoms with van der Waals surface area (Å²) in [5.41, 5.74) is 0. The molecule has 1 rings (SSSR count). The number of hydrogen-bond donors (Lipinski definition) is 0. The summed E-state index contributed by atoms with van der Waals surface area (Å²) in [6.45, 7) is 0. The molecule has 0 radical (unpaired) electrons. The van der Waals surface area contributed by atoms with Crippen LogP contribution in [-0.4, -0.2) is 13.1 Å². The molecule has 0 saturated heterocycles. The summed E-state index contributed by atoms with van der Waals surface area (Å²) in [5, 5.41) is 0. The predicted molar refractivity (Wildman–Crippen MR) is 29.3 cm³/mol. The van der Waals surface area contributed by atoms with Crippen LogP contribution in [0.2, 0.25) is 0 Å². The third kappa shape index (κ3) is 1.12. The van der Waals surface area contributed by atoms with E-state index in [9.17, 15) is 8.76 Å². The van der Waals surface area contributed by atoms with Gasteiger partial charge < -0.3 is 4.55 Å². The summed E-state index contributed by atoms with van der Waals surface area (Å²) in [7, 11) is 0. The van der Waals surface area contributed by atoms with Crippen molar-refractivity contribution >= 4 is 22.6 Å². The average molecular weight is 148 g/mol. The van der Waals surface area contributed by atoms with Gasteiger partial charge >= 0.3 is 0 Å². The monoisotopic (exact) mass is 148 g/mol. The minimum Gasteiger partial charge on any atom is -0.768 e. The van der Waals surface area contributed by atoms with Gasteiger partial charge in [-0.3, -0.25) is 4.21 Å². The van der Waals surface area contributed by atoms with Gasteiger partial charge in [0.15, 0.2) is 0 Å². The molecular formula is C3H2NO2S2-. The van der Waals surface area contributed by atoms with Gasteiger partial charge in [0.2, 0.25) is 0 Å². The molecule has 0 aliphatic rings. The molecule has 1 atom stereocenters. The van der Waals surface area contributed by atoms with Crippen molar-refractivity contribution in [2.45, 2.75) is 4.21 Å². The molecule has 5 heteroatoms. The SMILES string of the molecule is O=S([O-])c1ccns1. The maximum atomic E-state index is 10.0. The minimum atomic E-state index is -2.09. The Morgan fingerprint density at radius 1 is 1.88 bits per heavy atom. The summed E-state index contributed by atoms with van der Waals surface area (Å²) < 4.78 is 23.9. The lowest BCUT2D eigenvalue weighted by atomic mass is 10.8. The zero-order valence-corrected chi connectivity index (χ0v) is 5.37. The Hall–Kier alpha value is -0.260. The van der Waals surface area contributed by atoms with Gasteiger partial charge in [0.25, 0.3) is 0 Å².